The number of aromatic nitrogens is 3. The first-order valence-electron chi connectivity index (χ1n) is 9.02. The van der Waals surface area contributed by atoms with Crippen molar-refractivity contribution >= 4 is 39.2 Å². The first-order chi connectivity index (χ1) is 13.7. The number of carbonyl (C=O) groups is 1. The molecule has 5 nitrogen and oxygen atoms in total. The van der Waals surface area contributed by atoms with E-state index in [9.17, 15) is 4.79 Å². The van der Waals surface area contributed by atoms with Crippen LogP contribution < -0.4 is 0 Å². The zero-order chi connectivity index (χ0) is 19.3. The molecule has 2 aromatic carbocycles. The van der Waals surface area contributed by atoms with E-state index in [1.165, 1.54) is 5.56 Å². The molecule has 0 aliphatic carbocycles. The van der Waals surface area contributed by atoms with Crippen molar-refractivity contribution in [3.8, 4) is 0 Å². The number of fused-ring (bicyclic) bond motifs is 1. The predicted octanol–water partition coefficient (Wildman–Crippen LogP) is 4.95. The second-order valence-electron chi connectivity index (χ2n) is 6.51. The molecule has 4 rings (SSSR count). The van der Waals surface area contributed by atoms with E-state index < -0.39 is 5.97 Å². The van der Waals surface area contributed by atoms with Crippen LogP contribution in [-0.2, 0) is 11.3 Å². The second kappa shape index (κ2) is 8.19. The number of hydrogen-bond acceptors (Lipinski definition) is 4. The number of aliphatic carboxylic acids is 1. The van der Waals surface area contributed by atoms with E-state index in [0.29, 0.717) is 13.0 Å². The third kappa shape index (κ3) is 4.35. The van der Waals surface area contributed by atoms with Gasteiger partial charge in [-0.15, -0.1) is 11.3 Å². The van der Waals surface area contributed by atoms with Gasteiger partial charge in [0.1, 0.15) is 5.01 Å². The summed E-state index contributed by atoms with van der Waals surface area (Å²) >= 11 is 1.59. The second-order valence-corrected chi connectivity index (χ2v) is 7.54. The van der Waals surface area contributed by atoms with E-state index in [-0.39, 0.29) is 6.42 Å². The fourth-order valence-corrected chi connectivity index (χ4v) is 4.01. The molecule has 0 aliphatic rings. The maximum atomic E-state index is 11.1. The van der Waals surface area contributed by atoms with Crippen molar-refractivity contribution in [3.63, 3.8) is 0 Å². The summed E-state index contributed by atoms with van der Waals surface area (Å²) in [5.74, 6) is -0.813. The van der Waals surface area contributed by atoms with Crippen molar-refractivity contribution < 1.29 is 9.90 Å². The number of benzene rings is 2. The Morgan fingerprint density at radius 2 is 1.86 bits per heavy atom. The van der Waals surface area contributed by atoms with E-state index >= 15 is 0 Å². The van der Waals surface area contributed by atoms with Gasteiger partial charge in [0.05, 0.1) is 23.0 Å². The van der Waals surface area contributed by atoms with E-state index in [1.807, 2.05) is 59.4 Å². The Bertz CT molecular complexity index is 1100. The minimum atomic E-state index is -0.813. The van der Waals surface area contributed by atoms with Crippen molar-refractivity contribution in [2.24, 2.45) is 0 Å². The van der Waals surface area contributed by atoms with E-state index in [2.05, 4.69) is 17.2 Å². The standard InChI is InChI=1S/C22H19N3O2S/c26-21(27)11-10-18(22-24-19-8-4-5-9-20(19)28-22)12-17-13-23-25(15-17)14-16-6-2-1-3-7-16/h1-9,12-13,15H,10-11,14H2,(H,26,27). The number of hydrogen-bond donors (Lipinski definition) is 1. The zero-order valence-electron chi connectivity index (χ0n) is 15.2. The molecular formula is C22H19N3O2S. The Labute approximate surface area is 166 Å². The molecule has 0 saturated heterocycles. The summed E-state index contributed by atoms with van der Waals surface area (Å²) in [4.78, 5) is 15.8. The molecule has 0 fully saturated rings. The molecule has 0 saturated carbocycles. The van der Waals surface area contributed by atoms with E-state index in [4.69, 9.17) is 10.1 Å². The van der Waals surface area contributed by atoms with Crippen LogP contribution in [0.1, 0.15) is 29.0 Å². The topological polar surface area (TPSA) is 68.0 Å². The number of carboxylic acids is 1. The van der Waals surface area contributed by atoms with Crippen LogP contribution >= 0.6 is 11.3 Å². The summed E-state index contributed by atoms with van der Waals surface area (Å²) in [7, 11) is 0. The highest BCUT2D eigenvalue weighted by Gasteiger charge is 2.11. The Morgan fingerprint density at radius 1 is 1.07 bits per heavy atom. The third-order valence-corrected chi connectivity index (χ3v) is 5.47. The average molecular weight is 389 g/mol. The van der Waals surface area contributed by atoms with Gasteiger partial charge in [-0.05, 0) is 35.8 Å². The fraction of sp³-hybridized carbons (Fsp3) is 0.136. The molecule has 140 valence electrons. The first-order valence-corrected chi connectivity index (χ1v) is 9.84. The third-order valence-electron chi connectivity index (χ3n) is 4.36. The monoisotopic (exact) mass is 389 g/mol. The molecule has 1 N–H and O–H groups in total. The zero-order valence-corrected chi connectivity index (χ0v) is 16.0. The number of carboxylic acid groups (broad SMARTS) is 1. The van der Waals surface area contributed by atoms with Gasteiger partial charge in [-0.2, -0.15) is 5.10 Å². The lowest BCUT2D eigenvalue weighted by molar-refractivity contribution is -0.136. The lowest BCUT2D eigenvalue weighted by Crippen LogP contribution is -1.99. The summed E-state index contributed by atoms with van der Waals surface area (Å²) in [5.41, 5.74) is 3.97. The van der Waals surface area contributed by atoms with Gasteiger partial charge in [0.2, 0.25) is 0 Å². The minimum absolute atomic E-state index is 0.0694. The van der Waals surface area contributed by atoms with Crippen LogP contribution in [0, 0.1) is 0 Å². The molecule has 0 radical (unpaired) electrons. The molecule has 0 spiro atoms. The average Bonchev–Trinajstić information content (AvgIpc) is 3.32. The van der Waals surface area contributed by atoms with Crippen LogP contribution in [0.15, 0.2) is 67.0 Å². The van der Waals surface area contributed by atoms with Crippen LogP contribution in [-0.4, -0.2) is 25.8 Å². The molecule has 0 bridgehead atoms. The largest absolute Gasteiger partial charge is 0.481 e. The molecule has 2 heterocycles. The number of thiazole rings is 1. The Hall–Kier alpha value is -3.25. The van der Waals surface area contributed by atoms with Gasteiger partial charge in [0, 0.05) is 18.2 Å². The first kappa shape index (κ1) is 18.1. The van der Waals surface area contributed by atoms with Crippen molar-refractivity contribution in [3.05, 3.63) is 83.1 Å². The summed E-state index contributed by atoms with van der Waals surface area (Å²) in [6.45, 7) is 0.695. The molecule has 0 aliphatic heterocycles. The summed E-state index contributed by atoms with van der Waals surface area (Å²) in [6, 6.07) is 18.1. The smallest absolute Gasteiger partial charge is 0.303 e. The summed E-state index contributed by atoms with van der Waals surface area (Å²) in [5, 5.41) is 14.4. The van der Waals surface area contributed by atoms with Gasteiger partial charge < -0.3 is 5.11 Å². The highest BCUT2D eigenvalue weighted by Crippen LogP contribution is 2.30. The van der Waals surface area contributed by atoms with Crippen LogP contribution in [0.3, 0.4) is 0 Å². The summed E-state index contributed by atoms with van der Waals surface area (Å²) < 4.78 is 2.98. The van der Waals surface area contributed by atoms with Crippen molar-refractivity contribution in [2.75, 3.05) is 0 Å². The lowest BCUT2D eigenvalue weighted by atomic mass is 10.1. The quantitative estimate of drug-likeness (QED) is 0.486. The highest BCUT2D eigenvalue weighted by atomic mass is 32.1. The van der Waals surface area contributed by atoms with Crippen molar-refractivity contribution in [2.45, 2.75) is 19.4 Å². The Kier molecular flexibility index (Phi) is 5.30. The minimum Gasteiger partial charge on any atom is -0.481 e. The molecule has 6 heteroatoms. The van der Waals surface area contributed by atoms with Crippen LogP contribution in [0.5, 0.6) is 0 Å². The Balaban J connectivity index is 1.62. The fourth-order valence-electron chi connectivity index (χ4n) is 3.00. The number of para-hydroxylation sites is 1. The molecule has 2 aromatic heterocycles. The molecule has 0 atom stereocenters. The summed E-state index contributed by atoms with van der Waals surface area (Å²) in [6.07, 6.45) is 6.27. The van der Waals surface area contributed by atoms with Gasteiger partial charge in [-0.3, -0.25) is 9.48 Å². The van der Waals surface area contributed by atoms with Crippen LogP contribution in [0.2, 0.25) is 0 Å². The van der Waals surface area contributed by atoms with Gasteiger partial charge in [0.25, 0.3) is 0 Å². The van der Waals surface area contributed by atoms with Gasteiger partial charge >= 0.3 is 5.97 Å². The maximum Gasteiger partial charge on any atom is 0.303 e. The molecule has 4 aromatic rings. The Morgan fingerprint density at radius 3 is 2.64 bits per heavy atom. The van der Waals surface area contributed by atoms with Gasteiger partial charge in [0.15, 0.2) is 0 Å². The van der Waals surface area contributed by atoms with Crippen molar-refractivity contribution in [1.29, 1.82) is 0 Å². The molecule has 0 amide bonds. The maximum absolute atomic E-state index is 11.1. The number of nitrogens with zero attached hydrogens (tertiary/aromatic N) is 3. The van der Waals surface area contributed by atoms with Crippen LogP contribution in [0.4, 0.5) is 0 Å². The SMILES string of the molecule is O=C(O)CCC(=Cc1cnn(Cc2ccccc2)c1)c1nc2ccccc2s1. The van der Waals surface area contributed by atoms with E-state index in [0.717, 1.165) is 26.4 Å². The van der Waals surface area contributed by atoms with Gasteiger partial charge in [-0.25, -0.2) is 4.98 Å². The lowest BCUT2D eigenvalue weighted by Gasteiger charge is -2.02. The number of rotatable bonds is 7. The molecule has 28 heavy (non-hydrogen) atoms. The predicted molar refractivity (Wildman–Crippen MR) is 112 cm³/mol. The van der Waals surface area contributed by atoms with Crippen molar-refractivity contribution in [1.82, 2.24) is 14.8 Å². The van der Waals surface area contributed by atoms with Gasteiger partial charge in [-0.1, -0.05) is 42.5 Å². The normalized spacial score (nSPS) is 11.8. The molecular weight excluding hydrogens is 370 g/mol. The molecule has 0 unspecified atom stereocenters. The highest BCUT2D eigenvalue weighted by molar-refractivity contribution is 7.19. The van der Waals surface area contributed by atoms with Crippen LogP contribution in [0.25, 0.3) is 21.9 Å². The van der Waals surface area contributed by atoms with E-state index in [1.54, 1.807) is 17.5 Å². The number of allylic oxidation sites excluding steroid dienone is 1.